The average molecular weight is 211 g/mol. The van der Waals surface area contributed by atoms with Crippen molar-refractivity contribution in [2.75, 3.05) is 26.8 Å². The van der Waals surface area contributed by atoms with Crippen LogP contribution in [0.15, 0.2) is 17.5 Å². The van der Waals surface area contributed by atoms with Gasteiger partial charge in [-0.3, -0.25) is 0 Å². The highest BCUT2D eigenvalue weighted by Crippen LogP contribution is 2.48. The zero-order valence-electron chi connectivity index (χ0n) is 8.53. The van der Waals surface area contributed by atoms with Crippen molar-refractivity contribution in [3.8, 4) is 0 Å². The van der Waals surface area contributed by atoms with Gasteiger partial charge in [0.05, 0.1) is 6.61 Å². The first-order chi connectivity index (χ1) is 6.92. The van der Waals surface area contributed by atoms with Gasteiger partial charge in [-0.1, -0.05) is 6.07 Å². The van der Waals surface area contributed by atoms with Crippen LogP contribution in [0.2, 0.25) is 0 Å². The molecule has 1 N–H and O–H groups in total. The normalized spacial score (nSPS) is 25.2. The van der Waals surface area contributed by atoms with Crippen molar-refractivity contribution in [2.24, 2.45) is 5.92 Å². The number of methoxy groups -OCH3 is 1. The van der Waals surface area contributed by atoms with Gasteiger partial charge in [-0.05, 0) is 36.2 Å². The van der Waals surface area contributed by atoms with Gasteiger partial charge in [0.25, 0.3) is 0 Å². The molecule has 0 saturated heterocycles. The molecule has 14 heavy (non-hydrogen) atoms. The van der Waals surface area contributed by atoms with Gasteiger partial charge < -0.3 is 10.1 Å². The van der Waals surface area contributed by atoms with E-state index in [0.717, 1.165) is 31.5 Å². The Labute approximate surface area is 89.3 Å². The van der Waals surface area contributed by atoms with Crippen molar-refractivity contribution >= 4 is 11.3 Å². The highest BCUT2D eigenvalue weighted by molar-refractivity contribution is 7.10. The van der Waals surface area contributed by atoms with E-state index >= 15 is 0 Å². The number of thiophene rings is 1. The molecule has 1 aromatic heterocycles. The summed E-state index contributed by atoms with van der Waals surface area (Å²) < 4.78 is 4.98. The molecular formula is C11H17NOS. The number of ether oxygens (including phenoxy) is 1. The lowest BCUT2D eigenvalue weighted by Gasteiger charge is -2.02. The molecule has 1 aromatic rings. The molecular weight excluding hydrogens is 194 g/mol. The standard InChI is InChI=1S/C11H17NOS/c1-13-5-4-12-8-9-7-10(9)11-3-2-6-14-11/h2-3,6,9-10,12H,4-5,7-8H2,1H3. The fourth-order valence-corrected chi connectivity index (χ4v) is 2.72. The van der Waals surface area contributed by atoms with E-state index in [4.69, 9.17) is 4.74 Å². The minimum atomic E-state index is 0.816. The van der Waals surface area contributed by atoms with Crippen LogP contribution in [0.4, 0.5) is 0 Å². The summed E-state index contributed by atoms with van der Waals surface area (Å²) >= 11 is 1.89. The van der Waals surface area contributed by atoms with E-state index in [2.05, 4.69) is 22.8 Å². The molecule has 0 spiro atoms. The van der Waals surface area contributed by atoms with Crippen LogP contribution in [0.3, 0.4) is 0 Å². The second-order valence-corrected chi connectivity index (χ2v) is 4.79. The summed E-state index contributed by atoms with van der Waals surface area (Å²) in [6.45, 7) is 2.94. The summed E-state index contributed by atoms with van der Waals surface area (Å²) in [5.74, 6) is 1.70. The van der Waals surface area contributed by atoms with E-state index < -0.39 is 0 Å². The number of hydrogen-bond donors (Lipinski definition) is 1. The number of hydrogen-bond acceptors (Lipinski definition) is 3. The van der Waals surface area contributed by atoms with E-state index in [-0.39, 0.29) is 0 Å². The molecule has 2 rings (SSSR count). The predicted molar refractivity (Wildman–Crippen MR) is 59.9 cm³/mol. The summed E-state index contributed by atoms with van der Waals surface area (Å²) in [5.41, 5.74) is 0. The summed E-state index contributed by atoms with van der Waals surface area (Å²) in [4.78, 5) is 1.56. The first-order valence-corrected chi connectivity index (χ1v) is 6.03. The topological polar surface area (TPSA) is 21.3 Å². The van der Waals surface area contributed by atoms with Crippen molar-refractivity contribution in [3.05, 3.63) is 22.4 Å². The molecule has 1 aliphatic carbocycles. The largest absolute Gasteiger partial charge is 0.383 e. The fourth-order valence-electron chi connectivity index (χ4n) is 1.79. The summed E-state index contributed by atoms with van der Waals surface area (Å²) in [5, 5.41) is 5.59. The quantitative estimate of drug-likeness (QED) is 0.727. The molecule has 1 saturated carbocycles. The SMILES string of the molecule is COCCNCC1CC1c1cccs1. The van der Waals surface area contributed by atoms with E-state index in [9.17, 15) is 0 Å². The van der Waals surface area contributed by atoms with Gasteiger partial charge in [0, 0.05) is 18.5 Å². The first-order valence-electron chi connectivity index (χ1n) is 5.15. The molecule has 0 radical (unpaired) electrons. The molecule has 1 aliphatic rings. The van der Waals surface area contributed by atoms with Crippen molar-refractivity contribution in [1.29, 1.82) is 0 Å². The zero-order chi connectivity index (χ0) is 9.80. The van der Waals surface area contributed by atoms with Crippen molar-refractivity contribution in [1.82, 2.24) is 5.32 Å². The highest BCUT2D eigenvalue weighted by Gasteiger charge is 2.38. The lowest BCUT2D eigenvalue weighted by molar-refractivity contribution is 0.199. The van der Waals surface area contributed by atoms with Crippen molar-refractivity contribution < 1.29 is 4.74 Å². The lowest BCUT2D eigenvalue weighted by Crippen LogP contribution is -2.21. The molecule has 2 unspecified atom stereocenters. The fraction of sp³-hybridized carbons (Fsp3) is 0.636. The smallest absolute Gasteiger partial charge is 0.0587 e. The molecule has 78 valence electrons. The molecule has 3 heteroatoms. The molecule has 1 heterocycles. The molecule has 0 bridgehead atoms. The van der Waals surface area contributed by atoms with Gasteiger partial charge in [-0.2, -0.15) is 0 Å². The van der Waals surface area contributed by atoms with Crippen LogP contribution < -0.4 is 5.32 Å². The Bertz CT molecular complexity index is 260. The van der Waals surface area contributed by atoms with Gasteiger partial charge in [0.15, 0.2) is 0 Å². The van der Waals surface area contributed by atoms with Crippen LogP contribution >= 0.6 is 11.3 Å². The van der Waals surface area contributed by atoms with Crippen LogP contribution in [0, 0.1) is 5.92 Å². The van der Waals surface area contributed by atoms with Gasteiger partial charge in [-0.25, -0.2) is 0 Å². The third-order valence-electron chi connectivity index (χ3n) is 2.72. The number of rotatable bonds is 6. The Morgan fingerprint density at radius 1 is 1.64 bits per heavy atom. The van der Waals surface area contributed by atoms with Crippen LogP contribution in [-0.4, -0.2) is 26.8 Å². The number of nitrogens with one attached hydrogen (secondary N) is 1. The maximum atomic E-state index is 4.98. The Hall–Kier alpha value is -0.380. The van der Waals surface area contributed by atoms with Gasteiger partial charge in [0.2, 0.25) is 0 Å². The molecule has 1 fully saturated rings. The predicted octanol–water partition coefficient (Wildman–Crippen LogP) is 2.09. The van der Waals surface area contributed by atoms with Crippen LogP contribution in [0.5, 0.6) is 0 Å². The summed E-state index contributed by atoms with van der Waals surface area (Å²) in [7, 11) is 1.74. The molecule has 2 nitrogen and oxygen atoms in total. The van der Waals surface area contributed by atoms with E-state index in [1.54, 1.807) is 12.0 Å². The average Bonchev–Trinajstić information content (AvgIpc) is 2.77. The third kappa shape index (κ3) is 2.56. The van der Waals surface area contributed by atoms with E-state index in [0.29, 0.717) is 0 Å². The lowest BCUT2D eigenvalue weighted by atomic mass is 10.2. The second kappa shape index (κ2) is 4.91. The minimum absolute atomic E-state index is 0.816. The van der Waals surface area contributed by atoms with E-state index in [1.165, 1.54) is 6.42 Å². The molecule has 0 amide bonds. The monoisotopic (exact) mass is 211 g/mol. The molecule has 0 aliphatic heterocycles. The Morgan fingerprint density at radius 3 is 3.29 bits per heavy atom. The maximum absolute atomic E-state index is 4.98. The third-order valence-corrected chi connectivity index (χ3v) is 3.72. The highest BCUT2D eigenvalue weighted by atomic mass is 32.1. The van der Waals surface area contributed by atoms with Gasteiger partial charge >= 0.3 is 0 Å². The van der Waals surface area contributed by atoms with Gasteiger partial charge in [-0.15, -0.1) is 11.3 Å². The van der Waals surface area contributed by atoms with Crippen molar-refractivity contribution in [3.63, 3.8) is 0 Å². The Kier molecular flexibility index (Phi) is 3.56. The molecule has 2 atom stereocenters. The van der Waals surface area contributed by atoms with Gasteiger partial charge in [0.1, 0.15) is 0 Å². The van der Waals surface area contributed by atoms with Crippen LogP contribution in [0.1, 0.15) is 17.2 Å². The summed E-state index contributed by atoms with van der Waals surface area (Å²) in [6, 6.07) is 4.40. The zero-order valence-corrected chi connectivity index (χ0v) is 9.35. The van der Waals surface area contributed by atoms with Crippen LogP contribution in [-0.2, 0) is 4.74 Å². The Morgan fingerprint density at radius 2 is 2.57 bits per heavy atom. The first kappa shape index (κ1) is 10.1. The minimum Gasteiger partial charge on any atom is -0.383 e. The maximum Gasteiger partial charge on any atom is 0.0587 e. The molecule has 0 aromatic carbocycles. The van der Waals surface area contributed by atoms with Crippen molar-refractivity contribution in [2.45, 2.75) is 12.3 Å². The Balaban J connectivity index is 1.63. The van der Waals surface area contributed by atoms with Crippen LogP contribution in [0.25, 0.3) is 0 Å². The second-order valence-electron chi connectivity index (χ2n) is 3.81. The summed E-state index contributed by atoms with van der Waals surface area (Å²) in [6.07, 6.45) is 1.36. The van der Waals surface area contributed by atoms with E-state index in [1.807, 2.05) is 11.3 Å².